The Morgan fingerprint density at radius 1 is 1.21 bits per heavy atom. The van der Waals surface area contributed by atoms with E-state index in [-0.39, 0.29) is 5.91 Å². The number of thiazole rings is 1. The molecule has 1 N–H and O–H groups in total. The number of nitrogens with zero attached hydrogens (tertiary/aromatic N) is 5. The Balaban J connectivity index is 1.56. The predicted octanol–water partition coefficient (Wildman–Crippen LogP) is 4.86. The van der Waals surface area contributed by atoms with Crippen LogP contribution in [0, 0.1) is 5.92 Å². The number of pyridine rings is 1. The monoisotopic (exact) mass is 494 g/mol. The van der Waals surface area contributed by atoms with Crippen molar-refractivity contribution < 1.29 is 9.53 Å². The van der Waals surface area contributed by atoms with Gasteiger partial charge in [0.25, 0.3) is 5.91 Å². The highest BCUT2D eigenvalue weighted by Gasteiger charge is 2.20. The van der Waals surface area contributed by atoms with Crippen LogP contribution in [0.4, 0.5) is 0 Å². The number of ether oxygens (including phenoxy) is 1. The van der Waals surface area contributed by atoms with E-state index in [0.29, 0.717) is 40.6 Å². The molecule has 1 amide bonds. The summed E-state index contributed by atoms with van der Waals surface area (Å²) in [4.78, 5) is 21.1. The Kier molecular flexibility index (Phi) is 7.91. The summed E-state index contributed by atoms with van der Waals surface area (Å²) >= 11 is 2.97. The fraction of sp³-hybridized carbons (Fsp3) is 0.292. The topological polar surface area (TPSA) is 94.8 Å². The molecule has 0 atom stereocenters. The van der Waals surface area contributed by atoms with Crippen LogP contribution in [0.15, 0.2) is 59.3 Å². The van der Waals surface area contributed by atoms with Gasteiger partial charge in [-0.15, -0.1) is 21.5 Å². The van der Waals surface area contributed by atoms with Gasteiger partial charge in [0.15, 0.2) is 11.0 Å². The molecule has 3 aromatic heterocycles. The second kappa shape index (κ2) is 11.3. The first-order valence-corrected chi connectivity index (χ1v) is 12.8. The van der Waals surface area contributed by atoms with Crippen molar-refractivity contribution in [3.05, 3.63) is 64.9 Å². The van der Waals surface area contributed by atoms with E-state index < -0.39 is 0 Å². The van der Waals surface area contributed by atoms with Crippen molar-refractivity contribution >= 4 is 29.0 Å². The number of hydrogen-bond donors (Lipinski definition) is 1. The standard InChI is InChI=1S/C24H26N6O2S2/c1-16(2)10-12-26-23(31)18-14-33-21(27-18)15-34-24-29-28-22(17-7-6-11-25-13-17)30(24)19-8-4-5-9-20(19)32-3/h4-9,11,13-14,16H,10,12,15H2,1-3H3,(H,26,31). The van der Waals surface area contributed by atoms with Crippen LogP contribution < -0.4 is 10.1 Å². The molecule has 0 bridgehead atoms. The van der Waals surface area contributed by atoms with Crippen molar-refractivity contribution in [2.45, 2.75) is 31.2 Å². The van der Waals surface area contributed by atoms with Crippen molar-refractivity contribution in [3.8, 4) is 22.8 Å². The number of thioether (sulfide) groups is 1. The normalized spacial score (nSPS) is 11.1. The maximum Gasteiger partial charge on any atom is 0.270 e. The van der Waals surface area contributed by atoms with Crippen LogP contribution in [0.1, 0.15) is 35.8 Å². The predicted molar refractivity (Wildman–Crippen MR) is 135 cm³/mol. The summed E-state index contributed by atoms with van der Waals surface area (Å²) in [5.74, 6) is 2.35. The minimum Gasteiger partial charge on any atom is -0.495 e. The zero-order chi connectivity index (χ0) is 23.9. The lowest BCUT2D eigenvalue weighted by molar-refractivity contribution is 0.0947. The summed E-state index contributed by atoms with van der Waals surface area (Å²) in [6.07, 6.45) is 4.42. The van der Waals surface area contributed by atoms with Gasteiger partial charge in [-0.1, -0.05) is 37.7 Å². The molecule has 34 heavy (non-hydrogen) atoms. The van der Waals surface area contributed by atoms with Gasteiger partial charge in [-0.2, -0.15) is 0 Å². The van der Waals surface area contributed by atoms with E-state index in [2.05, 4.69) is 39.3 Å². The van der Waals surface area contributed by atoms with Gasteiger partial charge in [0.1, 0.15) is 16.5 Å². The lowest BCUT2D eigenvalue weighted by Gasteiger charge is -2.13. The Bertz CT molecular complexity index is 1240. The van der Waals surface area contributed by atoms with E-state index in [0.717, 1.165) is 22.7 Å². The minimum absolute atomic E-state index is 0.135. The molecular weight excluding hydrogens is 468 g/mol. The first-order chi connectivity index (χ1) is 16.6. The average Bonchev–Trinajstić information content (AvgIpc) is 3.50. The first-order valence-electron chi connectivity index (χ1n) is 10.9. The number of aromatic nitrogens is 5. The van der Waals surface area contributed by atoms with Crippen molar-refractivity contribution in [1.29, 1.82) is 0 Å². The van der Waals surface area contributed by atoms with Gasteiger partial charge in [0.2, 0.25) is 0 Å². The molecule has 0 aliphatic carbocycles. The molecule has 0 saturated heterocycles. The smallest absolute Gasteiger partial charge is 0.270 e. The molecule has 3 heterocycles. The molecule has 0 radical (unpaired) electrons. The van der Waals surface area contributed by atoms with E-state index in [4.69, 9.17) is 4.74 Å². The fourth-order valence-electron chi connectivity index (χ4n) is 3.25. The number of benzene rings is 1. The largest absolute Gasteiger partial charge is 0.495 e. The second-order valence-corrected chi connectivity index (χ2v) is 9.79. The SMILES string of the molecule is COc1ccccc1-n1c(SCc2nc(C(=O)NCCC(C)C)cs2)nnc1-c1cccnc1. The molecule has 0 saturated carbocycles. The van der Waals surface area contributed by atoms with E-state index in [9.17, 15) is 4.79 Å². The van der Waals surface area contributed by atoms with Crippen LogP contribution in [0.5, 0.6) is 5.75 Å². The molecule has 0 spiro atoms. The molecule has 0 unspecified atom stereocenters. The molecule has 0 fully saturated rings. The Morgan fingerprint density at radius 2 is 2.06 bits per heavy atom. The third-order valence-corrected chi connectivity index (χ3v) is 6.97. The Labute approximate surface area is 206 Å². The maximum atomic E-state index is 12.4. The zero-order valence-corrected chi connectivity index (χ0v) is 20.9. The molecular formula is C24H26N6O2S2. The van der Waals surface area contributed by atoms with Crippen LogP contribution in [0.3, 0.4) is 0 Å². The van der Waals surface area contributed by atoms with Crippen LogP contribution in [0.25, 0.3) is 17.1 Å². The number of methoxy groups -OCH3 is 1. The van der Waals surface area contributed by atoms with Crippen molar-refractivity contribution in [2.24, 2.45) is 5.92 Å². The van der Waals surface area contributed by atoms with Crippen LogP contribution in [-0.2, 0) is 5.75 Å². The number of carbonyl (C=O) groups excluding carboxylic acids is 1. The lowest BCUT2D eigenvalue weighted by Crippen LogP contribution is -2.25. The number of rotatable bonds is 10. The number of amides is 1. The van der Waals surface area contributed by atoms with Gasteiger partial charge in [0.05, 0.1) is 18.6 Å². The highest BCUT2D eigenvalue weighted by Crippen LogP contribution is 2.33. The van der Waals surface area contributed by atoms with Crippen molar-refractivity contribution in [3.63, 3.8) is 0 Å². The van der Waals surface area contributed by atoms with Gasteiger partial charge < -0.3 is 10.1 Å². The fourth-order valence-corrected chi connectivity index (χ4v) is 4.99. The highest BCUT2D eigenvalue weighted by atomic mass is 32.2. The third kappa shape index (κ3) is 5.63. The van der Waals surface area contributed by atoms with Crippen molar-refractivity contribution in [1.82, 2.24) is 30.0 Å². The van der Waals surface area contributed by atoms with Crippen LogP contribution >= 0.6 is 23.1 Å². The van der Waals surface area contributed by atoms with E-state index >= 15 is 0 Å². The van der Waals surface area contributed by atoms with Crippen LogP contribution in [0.2, 0.25) is 0 Å². The Morgan fingerprint density at radius 3 is 2.82 bits per heavy atom. The first kappa shape index (κ1) is 23.9. The van der Waals surface area contributed by atoms with Gasteiger partial charge in [0, 0.05) is 29.9 Å². The molecule has 10 heteroatoms. The maximum absolute atomic E-state index is 12.4. The lowest BCUT2D eigenvalue weighted by atomic mass is 10.1. The molecule has 1 aromatic carbocycles. The Hall–Kier alpha value is -3.24. The number of hydrogen-bond acceptors (Lipinski definition) is 8. The number of nitrogens with one attached hydrogen (secondary N) is 1. The summed E-state index contributed by atoms with van der Waals surface area (Å²) < 4.78 is 7.56. The minimum atomic E-state index is -0.135. The molecule has 176 valence electrons. The van der Waals surface area contributed by atoms with E-state index in [1.165, 1.54) is 23.1 Å². The average molecular weight is 495 g/mol. The number of carbonyl (C=O) groups is 1. The molecule has 4 aromatic rings. The van der Waals surface area contributed by atoms with Gasteiger partial charge in [-0.25, -0.2) is 4.98 Å². The summed E-state index contributed by atoms with van der Waals surface area (Å²) in [6.45, 7) is 4.92. The van der Waals surface area contributed by atoms with Gasteiger partial charge in [-0.3, -0.25) is 14.3 Å². The van der Waals surface area contributed by atoms with Gasteiger partial charge in [-0.05, 0) is 36.6 Å². The van der Waals surface area contributed by atoms with Gasteiger partial charge >= 0.3 is 0 Å². The second-order valence-electron chi connectivity index (χ2n) is 7.91. The van der Waals surface area contributed by atoms with E-state index in [1.807, 2.05) is 41.0 Å². The quantitative estimate of drug-likeness (QED) is 0.315. The van der Waals surface area contributed by atoms with Crippen molar-refractivity contribution in [2.75, 3.05) is 13.7 Å². The molecule has 0 aliphatic rings. The number of para-hydroxylation sites is 2. The summed E-state index contributed by atoms with van der Waals surface area (Å²) in [5, 5.41) is 15.2. The summed E-state index contributed by atoms with van der Waals surface area (Å²) in [7, 11) is 1.64. The highest BCUT2D eigenvalue weighted by molar-refractivity contribution is 7.98. The summed E-state index contributed by atoms with van der Waals surface area (Å²) in [5.41, 5.74) is 2.13. The molecule has 8 nitrogen and oxygen atoms in total. The van der Waals surface area contributed by atoms with E-state index in [1.54, 1.807) is 24.9 Å². The third-order valence-electron chi connectivity index (χ3n) is 5.00. The van der Waals surface area contributed by atoms with Crippen LogP contribution in [-0.4, -0.2) is 44.3 Å². The zero-order valence-electron chi connectivity index (χ0n) is 19.3. The molecule has 0 aliphatic heterocycles. The molecule has 4 rings (SSSR count). The summed E-state index contributed by atoms with van der Waals surface area (Å²) in [6, 6.07) is 11.6.